The molecular formula is C29H40N6O2. The Bertz CT molecular complexity index is 1080. The van der Waals surface area contributed by atoms with Crippen LogP contribution in [0.1, 0.15) is 31.4 Å². The maximum Gasteiger partial charge on any atom is 0.289 e. The van der Waals surface area contributed by atoms with Crippen LogP contribution < -0.4 is 11.1 Å². The number of aliphatic imine (C=N–C) groups is 1. The van der Waals surface area contributed by atoms with Gasteiger partial charge in [-0.2, -0.15) is 0 Å². The van der Waals surface area contributed by atoms with Gasteiger partial charge >= 0.3 is 0 Å². The zero-order valence-electron chi connectivity index (χ0n) is 22.2. The van der Waals surface area contributed by atoms with Gasteiger partial charge in [0.2, 0.25) is 5.76 Å². The average molecular weight is 505 g/mol. The second kappa shape index (κ2) is 14.1. The number of allylic oxidation sites excluding steroid dienone is 4. The fourth-order valence-corrected chi connectivity index (χ4v) is 4.46. The van der Waals surface area contributed by atoms with Crippen LogP contribution in [0.4, 0.5) is 0 Å². The lowest BCUT2D eigenvalue weighted by Crippen LogP contribution is -2.47. The molecule has 1 fully saturated rings. The van der Waals surface area contributed by atoms with Crippen LogP contribution in [0, 0.1) is 12.3 Å². The van der Waals surface area contributed by atoms with Crippen molar-refractivity contribution in [1.82, 2.24) is 15.1 Å². The number of aryl methyl sites for hydroxylation is 1. The van der Waals surface area contributed by atoms with E-state index in [9.17, 15) is 4.79 Å². The van der Waals surface area contributed by atoms with E-state index in [4.69, 9.17) is 15.9 Å². The first-order valence-electron chi connectivity index (χ1n) is 13.0. The monoisotopic (exact) mass is 504 g/mol. The molecular weight excluding hydrogens is 464 g/mol. The van der Waals surface area contributed by atoms with Crippen LogP contribution in [-0.2, 0) is 16.0 Å². The Balaban J connectivity index is 1.76. The Hall–Kier alpha value is -3.81. The number of carbonyl (C=O) groups is 1. The van der Waals surface area contributed by atoms with Gasteiger partial charge in [0.05, 0.1) is 24.1 Å². The van der Waals surface area contributed by atoms with Crippen LogP contribution >= 0.6 is 0 Å². The minimum Gasteiger partial charge on any atom is -0.486 e. The molecule has 8 nitrogen and oxygen atoms in total. The van der Waals surface area contributed by atoms with E-state index in [1.807, 2.05) is 43.1 Å². The summed E-state index contributed by atoms with van der Waals surface area (Å²) in [5.74, 6) is -0.111. The van der Waals surface area contributed by atoms with E-state index in [1.54, 1.807) is 6.20 Å². The second-order valence-corrected chi connectivity index (χ2v) is 9.16. The lowest BCUT2D eigenvalue weighted by atomic mass is 10.1. The molecule has 1 saturated heterocycles. The summed E-state index contributed by atoms with van der Waals surface area (Å²) in [7, 11) is 0. The molecule has 1 unspecified atom stereocenters. The van der Waals surface area contributed by atoms with Crippen molar-refractivity contribution in [3.63, 3.8) is 0 Å². The maximum absolute atomic E-state index is 13.4. The van der Waals surface area contributed by atoms with Crippen molar-refractivity contribution in [2.24, 2.45) is 10.7 Å². The fourth-order valence-electron chi connectivity index (χ4n) is 4.46. The molecule has 4 N–H and O–H groups in total. The summed E-state index contributed by atoms with van der Waals surface area (Å²) < 4.78 is 6.12. The number of hydrogen-bond donors (Lipinski definition) is 3. The number of hydrogen-bond acceptors (Lipinski definition) is 7. The summed E-state index contributed by atoms with van der Waals surface area (Å²) in [4.78, 5) is 22.1. The van der Waals surface area contributed by atoms with Gasteiger partial charge in [0, 0.05) is 51.6 Å². The number of nitrogens with zero attached hydrogens (tertiary/aromatic N) is 3. The molecule has 198 valence electrons. The summed E-state index contributed by atoms with van der Waals surface area (Å²) in [6, 6.07) is 8.19. The number of rotatable bonds is 11. The third-order valence-corrected chi connectivity index (χ3v) is 6.52. The molecule has 0 radical (unpaired) electrons. The molecule has 1 aromatic rings. The summed E-state index contributed by atoms with van der Waals surface area (Å²) >= 11 is 0. The predicted molar refractivity (Wildman–Crippen MR) is 151 cm³/mol. The minimum absolute atomic E-state index is 0.102. The summed E-state index contributed by atoms with van der Waals surface area (Å²) in [5.41, 5.74) is 10.6. The molecule has 1 aliphatic heterocycles. The number of ether oxygens (including phenoxy) is 1. The van der Waals surface area contributed by atoms with Gasteiger partial charge in [-0.3, -0.25) is 9.79 Å². The maximum atomic E-state index is 13.4. The van der Waals surface area contributed by atoms with Gasteiger partial charge in [-0.1, -0.05) is 54.1 Å². The Kier molecular flexibility index (Phi) is 10.6. The zero-order valence-corrected chi connectivity index (χ0v) is 22.2. The molecule has 1 atom stereocenters. The molecule has 1 aromatic carbocycles. The van der Waals surface area contributed by atoms with Crippen molar-refractivity contribution in [1.29, 1.82) is 5.41 Å². The highest BCUT2D eigenvalue weighted by atomic mass is 16.5. The summed E-state index contributed by atoms with van der Waals surface area (Å²) in [6.07, 6.45) is 12.1. The van der Waals surface area contributed by atoms with Crippen molar-refractivity contribution in [3.8, 4) is 0 Å². The quantitative estimate of drug-likeness (QED) is 0.244. The van der Waals surface area contributed by atoms with Gasteiger partial charge < -0.3 is 31.0 Å². The lowest BCUT2D eigenvalue weighted by molar-refractivity contribution is -0.121. The molecule has 3 rings (SSSR count). The number of nitrogens with one attached hydrogen (secondary N) is 2. The molecule has 0 spiro atoms. The standard InChI is InChI=1S/C29H40N6O2/c1-4-32-23(3)26(20-30)34-15-17-35(18-16-34)27(21-31)28(29(36)33-25-8-6-5-7-9-25)37-19-14-24-12-10-22(2)11-13-24/h5-8,10-13,20-21,25,31H,4,9,14-19,30H2,1-3H3,(H,33,36)/b26-20+,28-27-,31-21?,32-23?. The topological polar surface area (TPSA) is 107 Å². The fraction of sp³-hybridized carbons (Fsp3) is 0.414. The first-order chi connectivity index (χ1) is 18.0. The van der Waals surface area contributed by atoms with Gasteiger partial charge in [-0.15, -0.1) is 0 Å². The summed E-state index contributed by atoms with van der Waals surface area (Å²) in [6.45, 7) is 9.73. The van der Waals surface area contributed by atoms with Crippen LogP contribution in [0.2, 0.25) is 0 Å². The van der Waals surface area contributed by atoms with Crippen LogP contribution in [0.5, 0.6) is 0 Å². The molecule has 2 aliphatic rings. The number of amides is 1. The number of carbonyl (C=O) groups excluding carboxylic acids is 1. The van der Waals surface area contributed by atoms with Crippen LogP contribution in [-0.4, -0.2) is 73.0 Å². The first-order valence-corrected chi connectivity index (χ1v) is 13.0. The predicted octanol–water partition coefficient (Wildman–Crippen LogP) is 3.31. The molecule has 1 aliphatic carbocycles. The highest BCUT2D eigenvalue weighted by Gasteiger charge is 2.27. The zero-order chi connectivity index (χ0) is 26.6. The van der Waals surface area contributed by atoms with E-state index in [-0.39, 0.29) is 17.7 Å². The van der Waals surface area contributed by atoms with Crippen LogP contribution in [0.3, 0.4) is 0 Å². The Labute approximate surface area is 220 Å². The second-order valence-electron chi connectivity index (χ2n) is 9.16. The number of benzene rings is 1. The van der Waals surface area contributed by atoms with Gasteiger partial charge in [-0.25, -0.2) is 0 Å². The van der Waals surface area contributed by atoms with Crippen molar-refractivity contribution >= 4 is 17.8 Å². The van der Waals surface area contributed by atoms with E-state index in [0.29, 0.717) is 51.4 Å². The van der Waals surface area contributed by atoms with Gasteiger partial charge in [0.25, 0.3) is 5.91 Å². The van der Waals surface area contributed by atoms with Gasteiger partial charge in [-0.05, 0) is 32.8 Å². The number of piperazine rings is 1. The highest BCUT2D eigenvalue weighted by molar-refractivity contribution is 5.98. The van der Waals surface area contributed by atoms with Crippen LogP contribution in [0.25, 0.3) is 0 Å². The lowest BCUT2D eigenvalue weighted by Gasteiger charge is -2.38. The van der Waals surface area contributed by atoms with E-state index >= 15 is 0 Å². The van der Waals surface area contributed by atoms with E-state index < -0.39 is 0 Å². The minimum atomic E-state index is -0.303. The molecule has 8 heteroatoms. The van der Waals surface area contributed by atoms with Crippen molar-refractivity contribution in [3.05, 3.63) is 83.0 Å². The Morgan fingerprint density at radius 2 is 1.89 bits per heavy atom. The van der Waals surface area contributed by atoms with Crippen molar-refractivity contribution in [2.45, 2.75) is 39.7 Å². The first kappa shape index (κ1) is 27.8. The third-order valence-electron chi connectivity index (χ3n) is 6.52. The van der Waals surface area contributed by atoms with Crippen molar-refractivity contribution < 1.29 is 9.53 Å². The molecule has 37 heavy (non-hydrogen) atoms. The molecule has 0 aromatic heterocycles. The Morgan fingerprint density at radius 1 is 1.19 bits per heavy atom. The molecule has 1 heterocycles. The normalized spacial score (nSPS) is 18.9. The average Bonchev–Trinajstić information content (AvgIpc) is 2.91. The largest absolute Gasteiger partial charge is 0.486 e. The van der Waals surface area contributed by atoms with E-state index in [1.165, 1.54) is 11.8 Å². The molecule has 0 bridgehead atoms. The SMILES string of the molecule is CCN=C(C)/C(=C\N)N1CCN(/C(C=N)=C(\OCCc2ccc(C)cc2)C(=O)NC2C=CC=CC2)CC1. The molecule has 0 saturated carbocycles. The number of nitrogens with two attached hydrogens (primary N) is 1. The van der Waals surface area contributed by atoms with Gasteiger partial charge in [0.15, 0.2) is 0 Å². The smallest absolute Gasteiger partial charge is 0.289 e. The summed E-state index contributed by atoms with van der Waals surface area (Å²) in [5, 5.41) is 11.2. The van der Waals surface area contributed by atoms with Crippen molar-refractivity contribution in [2.75, 3.05) is 39.3 Å². The van der Waals surface area contributed by atoms with E-state index in [2.05, 4.69) is 46.4 Å². The Morgan fingerprint density at radius 3 is 2.49 bits per heavy atom. The van der Waals surface area contributed by atoms with Gasteiger partial charge in [0.1, 0.15) is 5.70 Å². The molecule has 1 amide bonds. The third kappa shape index (κ3) is 7.84. The van der Waals surface area contributed by atoms with Crippen LogP contribution in [0.15, 0.2) is 76.9 Å². The highest BCUT2D eigenvalue weighted by Crippen LogP contribution is 2.18. The van der Waals surface area contributed by atoms with E-state index in [0.717, 1.165) is 23.4 Å².